The van der Waals surface area contributed by atoms with E-state index in [9.17, 15) is 10.1 Å². The van der Waals surface area contributed by atoms with Crippen LogP contribution in [-0.2, 0) is 6.42 Å². The number of aryl methyl sites for hydroxylation is 1. The predicted molar refractivity (Wildman–Crippen MR) is 72.7 cm³/mol. The fourth-order valence-electron chi connectivity index (χ4n) is 2.06. The number of rotatable bonds is 4. The summed E-state index contributed by atoms with van der Waals surface area (Å²) in [5, 5.41) is 9.28. The molecule has 1 aromatic carbocycles. The smallest absolute Gasteiger partial charge is 0.184 e. The van der Waals surface area contributed by atoms with E-state index in [0.717, 1.165) is 12.0 Å². The monoisotopic (exact) mass is 250 g/mol. The summed E-state index contributed by atoms with van der Waals surface area (Å²) in [6.45, 7) is 2.00. The Morgan fingerprint density at radius 1 is 1.26 bits per heavy atom. The van der Waals surface area contributed by atoms with Crippen LogP contribution in [0.15, 0.2) is 48.8 Å². The fraction of sp³-hybridized carbons (Fsp3) is 0.188. The summed E-state index contributed by atoms with van der Waals surface area (Å²) >= 11 is 0. The molecule has 3 nitrogen and oxygen atoms in total. The van der Waals surface area contributed by atoms with E-state index in [-0.39, 0.29) is 5.78 Å². The number of pyridine rings is 1. The van der Waals surface area contributed by atoms with Gasteiger partial charge in [-0.25, -0.2) is 0 Å². The van der Waals surface area contributed by atoms with Gasteiger partial charge in [-0.1, -0.05) is 31.2 Å². The van der Waals surface area contributed by atoms with Crippen LogP contribution in [0.1, 0.15) is 34.3 Å². The normalized spacial score (nSPS) is 11.6. The summed E-state index contributed by atoms with van der Waals surface area (Å²) in [6, 6.07) is 13.0. The van der Waals surface area contributed by atoms with Gasteiger partial charge in [0.1, 0.15) is 5.92 Å². The van der Waals surface area contributed by atoms with Crippen molar-refractivity contribution < 1.29 is 4.79 Å². The highest BCUT2D eigenvalue weighted by atomic mass is 16.1. The van der Waals surface area contributed by atoms with Gasteiger partial charge in [0, 0.05) is 18.0 Å². The van der Waals surface area contributed by atoms with Crippen molar-refractivity contribution in [2.45, 2.75) is 19.3 Å². The average Bonchev–Trinajstić information content (AvgIpc) is 2.49. The number of nitrogens with zero attached hydrogens (tertiary/aromatic N) is 2. The lowest BCUT2D eigenvalue weighted by Crippen LogP contribution is -2.13. The molecule has 0 fully saturated rings. The lowest BCUT2D eigenvalue weighted by atomic mass is 9.89. The first-order valence-corrected chi connectivity index (χ1v) is 6.19. The van der Waals surface area contributed by atoms with Crippen molar-refractivity contribution in [1.29, 1.82) is 5.26 Å². The second kappa shape index (κ2) is 5.92. The standard InChI is InChI=1S/C16H14N2O/c1-2-12-5-3-4-6-14(12)16(19)15(11-17)13-7-9-18-10-8-13/h3-10,15H,2H2,1H3. The minimum atomic E-state index is -0.768. The first-order chi connectivity index (χ1) is 9.27. The van der Waals surface area contributed by atoms with Gasteiger partial charge in [-0.15, -0.1) is 0 Å². The largest absolute Gasteiger partial charge is 0.292 e. The molecule has 1 heterocycles. The second-order valence-corrected chi connectivity index (χ2v) is 4.22. The zero-order chi connectivity index (χ0) is 13.7. The third-order valence-electron chi connectivity index (χ3n) is 3.09. The Balaban J connectivity index is 2.40. The van der Waals surface area contributed by atoms with E-state index >= 15 is 0 Å². The van der Waals surface area contributed by atoms with Gasteiger partial charge >= 0.3 is 0 Å². The van der Waals surface area contributed by atoms with E-state index in [1.165, 1.54) is 0 Å². The maximum Gasteiger partial charge on any atom is 0.184 e. The quantitative estimate of drug-likeness (QED) is 0.783. The molecule has 94 valence electrons. The Kier molecular flexibility index (Phi) is 4.04. The lowest BCUT2D eigenvalue weighted by molar-refractivity contribution is 0.0978. The number of benzene rings is 1. The molecule has 0 amide bonds. The highest BCUT2D eigenvalue weighted by molar-refractivity contribution is 6.03. The predicted octanol–water partition coefficient (Wildman–Crippen LogP) is 3.13. The summed E-state index contributed by atoms with van der Waals surface area (Å²) in [5.74, 6) is -0.915. The summed E-state index contributed by atoms with van der Waals surface area (Å²) < 4.78 is 0. The zero-order valence-electron chi connectivity index (χ0n) is 10.7. The van der Waals surface area contributed by atoms with Crippen molar-refractivity contribution in [3.05, 3.63) is 65.5 Å². The zero-order valence-corrected chi connectivity index (χ0v) is 10.7. The van der Waals surface area contributed by atoms with Crippen LogP contribution in [0.25, 0.3) is 0 Å². The average molecular weight is 250 g/mol. The van der Waals surface area contributed by atoms with Gasteiger partial charge < -0.3 is 0 Å². The molecule has 3 heteroatoms. The molecule has 0 aliphatic rings. The highest BCUT2D eigenvalue weighted by Gasteiger charge is 2.23. The van der Waals surface area contributed by atoms with Crippen molar-refractivity contribution >= 4 is 5.78 Å². The maximum atomic E-state index is 12.5. The number of carbonyl (C=O) groups excluding carboxylic acids is 1. The molecule has 0 bridgehead atoms. The van der Waals surface area contributed by atoms with Gasteiger partial charge in [-0.3, -0.25) is 9.78 Å². The van der Waals surface area contributed by atoms with Crippen molar-refractivity contribution in [1.82, 2.24) is 4.98 Å². The molecule has 2 aromatic rings. The SMILES string of the molecule is CCc1ccccc1C(=O)C(C#N)c1ccncc1. The van der Waals surface area contributed by atoms with E-state index < -0.39 is 5.92 Å². The first kappa shape index (κ1) is 13.0. The summed E-state index contributed by atoms with van der Waals surface area (Å²) in [4.78, 5) is 16.4. The molecule has 19 heavy (non-hydrogen) atoms. The van der Waals surface area contributed by atoms with Crippen LogP contribution < -0.4 is 0 Å². The van der Waals surface area contributed by atoms with Crippen LogP contribution in [0.4, 0.5) is 0 Å². The number of ketones is 1. The van der Waals surface area contributed by atoms with E-state index in [1.54, 1.807) is 30.6 Å². The van der Waals surface area contributed by atoms with Gasteiger partial charge in [-0.05, 0) is 29.7 Å². The topological polar surface area (TPSA) is 53.8 Å². The number of Topliss-reactive ketones (excluding diaryl/α,β-unsaturated/α-hetero) is 1. The van der Waals surface area contributed by atoms with Gasteiger partial charge in [0.05, 0.1) is 6.07 Å². The molecule has 0 N–H and O–H groups in total. The van der Waals surface area contributed by atoms with Gasteiger partial charge in [0.15, 0.2) is 5.78 Å². The Morgan fingerprint density at radius 3 is 2.58 bits per heavy atom. The van der Waals surface area contributed by atoms with Crippen LogP contribution in [0.5, 0.6) is 0 Å². The fourth-order valence-corrected chi connectivity index (χ4v) is 2.06. The van der Waals surface area contributed by atoms with E-state index in [2.05, 4.69) is 11.1 Å². The Morgan fingerprint density at radius 2 is 1.95 bits per heavy atom. The summed E-state index contributed by atoms with van der Waals surface area (Å²) in [6.07, 6.45) is 3.97. The number of aromatic nitrogens is 1. The Hall–Kier alpha value is -2.47. The molecule has 0 aliphatic heterocycles. The number of nitriles is 1. The second-order valence-electron chi connectivity index (χ2n) is 4.22. The minimum Gasteiger partial charge on any atom is -0.292 e. The molecule has 0 aliphatic carbocycles. The third kappa shape index (κ3) is 2.69. The van der Waals surface area contributed by atoms with Crippen molar-refractivity contribution in [3.8, 4) is 6.07 Å². The van der Waals surface area contributed by atoms with Crippen molar-refractivity contribution in [2.24, 2.45) is 0 Å². The van der Waals surface area contributed by atoms with Crippen LogP contribution in [0, 0.1) is 11.3 Å². The molecule has 0 saturated carbocycles. The number of hydrogen-bond acceptors (Lipinski definition) is 3. The maximum absolute atomic E-state index is 12.5. The van der Waals surface area contributed by atoms with Crippen LogP contribution in [0.3, 0.4) is 0 Å². The molecule has 0 radical (unpaired) electrons. The number of carbonyl (C=O) groups is 1. The molecular formula is C16H14N2O. The minimum absolute atomic E-state index is 0.147. The molecule has 1 aromatic heterocycles. The van der Waals surface area contributed by atoms with E-state index in [4.69, 9.17) is 0 Å². The Labute approximate surface area is 112 Å². The summed E-state index contributed by atoms with van der Waals surface area (Å²) in [7, 11) is 0. The molecule has 1 unspecified atom stereocenters. The number of hydrogen-bond donors (Lipinski definition) is 0. The third-order valence-corrected chi connectivity index (χ3v) is 3.09. The first-order valence-electron chi connectivity index (χ1n) is 6.19. The molecule has 1 atom stereocenters. The van der Waals surface area contributed by atoms with Crippen LogP contribution >= 0.6 is 0 Å². The van der Waals surface area contributed by atoms with Gasteiger partial charge in [0.25, 0.3) is 0 Å². The Bertz CT molecular complexity index is 614. The van der Waals surface area contributed by atoms with Crippen molar-refractivity contribution in [3.63, 3.8) is 0 Å². The molecule has 0 spiro atoms. The van der Waals surface area contributed by atoms with Crippen molar-refractivity contribution in [2.75, 3.05) is 0 Å². The summed E-state index contributed by atoms with van der Waals surface area (Å²) in [5.41, 5.74) is 2.29. The molecule has 0 saturated heterocycles. The van der Waals surface area contributed by atoms with E-state index in [1.807, 2.05) is 25.1 Å². The van der Waals surface area contributed by atoms with E-state index in [0.29, 0.717) is 11.1 Å². The molecular weight excluding hydrogens is 236 g/mol. The lowest BCUT2D eigenvalue weighted by Gasteiger charge is -2.11. The van der Waals surface area contributed by atoms with Gasteiger partial charge in [0.2, 0.25) is 0 Å². The van der Waals surface area contributed by atoms with Crippen LogP contribution in [0.2, 0.25) is 0 Å². The highest BCUT2D eigenvalue weighted by Crippen LogP contribution is 2.22. The molecule has 2 rings (SSSR count). The van der Waals surface area contributed by atoms with Crippen LogP contribution in [-0.4, -0.2) is 10.8 Å². The van der Waals surface area contributed by atoms with Gasteiger partial charge in [-0.2, -0.15) is 5.26 Å².